The summed E-state index contributed by atoms with van der Waals surface area (Å²) in [4.78, 5) is 22.0. The number of aliphatic hydroxyl groups excluding tert-OH is 1. The van der Waals surface area contributed by atoms with Gasteiger partial charge in [0.15, 0.2) is 0 Å². The van der Waals surface area contributed by atoms with Gasteiger partial charge in [-0.3, -0.25) is 4.79 Å². The quantitative estimate of drug-likeness (QED) is 0.544. The zero-order valence-corrected chi connectivity index (χ0v) is 12.4. The molecular weight excluding hydrogens is 284 g/mol. The number of rotatable bonds is 8. The molecule has 0 bridgehead atoms. The highest BCUT2D eigenvalue weighted by Crippen LogP contribution is 2.58. The van der Waals surface area contributed by atoms with Crippen molar-refractivity contribution >= 4 is 12.0 Å². The lowest BCUT2D eigenvalue weighted by molar-refractivity contribution is -0.137. The van der Waals surface area contributed by atoms with Crippen LogP contribution in [0.1, 0.15) is 30.7 Å². The van der Waals surface area contributed by atoms with Crippen LogP contribution in [0.15, 0.2) is 30.3 Å². The van der Waals surface area contributed by atoms with Gasteiger partial charge in [-0.2, -0.15) is 0 Å². The van der Waals surface area contributed by atoms with Gasteiger partial charge in [0.25, 0.3) is 0 Å². The number of carboxylic acid groups (broad SMARTS) is 1. The summed E-state index contributed by atoms with van der Waals surface area (Å²) in [5.74, 6) is -0.601. The number of nitrogens with one attached hydrogen (secondary N) is 2. The second kappa shape index (κ2) is 7.26. The number of hydrogen-bond donors (Lipinski definition) is 4. The Morgan fingerprint density at radius 3 is 2.59 bits per heavy atom. The molecule has 2 rings (SSSR count). The van der Waals surface area contributed by atoms with Crippen molar-refractivity contribution in [2.45, 2.75) is 25.2 Å². The molecule has 2 atom stereocenters. The maximum Gasteiger partial charge on any atom is 0.314 e. The molecule has 2 amide bonds. The molecule has 1 aliphatic carbocycles. The van der Waals surface area contributed by atoms with Crippen LogP contribution in [0, 0.1) is 5.41 Å². The summed E-state index contributed by atoms with van der Waals surface area (Å²) in [6.07, 6.45) is 1.30. The van der Waals surface area contributed by atoms with Crippen molar-refractivity contribution in [2.24, 2.45) is 5.41 Å². The van der Waals surface area contributed by atoms with Crippen LogP contribution in [0.5, 0.6) is 0 Å². The topological polar surface area (TPSA) is 98.7 Å². The van der Waals surface area contributed by atoms with Crippen molar-refractivity contribution in [1.82, 2.24) is 10.6 Å². The third kappa shape index (κ3) is 4.21. The number of hydrogen-bond acceptors (Lipinski definition) is 3. The van der Waals surface area contributed by atoms with E-state index in [0.717, 1.165) is 6.42 Å². The SMILES string of the molecule is O=C(O)CCCNC(=O)NCC1(CO)CC1c1ccccc1. The molecule has 6 heteroatoms. The monoisotopic (exact) mass is 306 g/mol. The number of urea groups is 1. The van der Waals surface area contributed by atoms with E-state index in [-0.39, 0.29) is 30.4 Å². The summed E-state index contributed by atoms with van der Waals surface area (Å²) in [5, 5.41) is 23.5. The minimum Gasteiger partial charge on any atom is -0.481 e. The molecule has 0 aromatic heterocycles. The summed E-state index contributed by atoms with van der Waals surface area (Å²) in [7, 11) is 0. The first kappa shape index (κ1) is 16.3. The predicted octanol–water partition coefficient (Wildman–Crippen LogP) is 1.32. The zero-order valence-electron chi connectivity index (χ0n) is 12.4. The molecular formula is C16H22N2O4. The molecule has 2 unspecified atom stereocenters. The van der Waals surface area contributed by atoms with Crippen molar-refractivity contribution in [1.29, 1.82) is 0 Å². The second-order valence-electron chi connectivity index (χ2n) is 5.79. The molecule has 1 aromatic carbocycles. The number of carbonyl (C=O) groups excluding carboxylic acids is 1. The van der Waals surface area contributed by atoms with Gasteiger partial charge in [0.1, 0.15) is 0 Å². The largest absolute Gasteiger partial charge is 0.481 e. The third-order valence-corrected chi connectivity index (χ3v) is 4.16. The first-order chi connectivity index (χ1) is 10.6. The molecule has 1 saturated carbocycles. The highest BCUT2D eigenvalue weighted by Gasteiger charge is 2.54. The van der Waals surface area contributed by atoms with Crippen molar-refractivity contribution in [3.05, 3.63) is 35.9 Å². The predicted molar refractivity (Wildman–Crippen MR) is 81.6 cm³/mol. The molecule has 120 valence electrons. The summed E-state index contributed by atoms with van der Waals surface area (Å²) in [6.45, 7) is 0.770. The van der Waals surface area contributed by atoms with E-state index in [1.54, 1.807) is 0 Å². The lowest BCUT2D eigenvalue weighted by atomic mass is 10.00. The average molecular weight is 306 g/mol. The van der Waals surface area contributed by atoms with Crippen LogP contribution in [0.3, 0.4) is 0 Å². The fourth-order valence-electron chi connectivity index (χ4n) is 2.69. The Kier molecular flexibility index (Phi) is 5.38. The van der Waals surface area contributed by atoms with Gasteiger partial charge in [-0.1, -0.05) is 30.3 Å². The van der Waals surface area contributed by atoms with E-state index in [0.29, 0.717) is 19.5 Å². The fourth-order valence-corrected chi connectivity index (χ4v) is 2.69. The number of amides is 2. The van der Waals surface area contributed by atoms with E-state index < -0.39 is 5.97 Å². The fraction of sp³-hybridized carbons (Fsp3) is 0.500. The molecule has 4 N–H and O–H groups in total. The lowest BCUT2D eigenvalue weighted by Gasteiger charge is -2.16. The summed E-state index contributed by atoms with van der Waals surface area (Å²) in [6, 6.07) is 9.64. The van der Waals surface area contributed by atoms with Crippen molar-refractivity contribution in [2.75, 3.05) is 19.7 Å². The van der Waals surface area contributed by atoms with Crippen LogP contribution in [0.4, 0.5) is 4.79 Å². The smallest absolute Gasteiger partial charge is 0.314 e. The van der Waals surface area contributed by atoms with Crippen molar-refractivity contribution in [3.8, 4) is 0 Å². The maximum atomic E-state index is 11.7. The molecule has 0 heterocycles. The first-order valence-electron chi connectivity index (χ1n) is 7.47. The minimum absolute atomic E-state index is 0.0336. The van der Waals surface area contributed by atoms with Gasteiger partial charge in [0.2, 0.25) is 0 Å². The normalized spacial score (nSPS) is 22.9. The number of benzene rings is 1. The Morgan fingerprint density at radius 1 is 1.23 bits per heavy atom. The van der Waals surface area contributed by atoms with Gasteiger partial charge in [-0.15, -0.1) is 0 Å². The molecule has 22 heavy (non-hydrogen) atoms. The van der Waals surface area contributed by atoms with Crippen LogP contribution in [0.25, 0.3) is 0 Å². The van der Waals surface area contributed by atoms with Crippen molar-refractivity contribution < 1.29 is 19.8 Å². The molecule has 0 aliphatic heterocycles. The molecule has 6 nitrogen and oxygen atoms in total. The van der Waals surface area contributed by atoms with Crippen LogP contribution in [0.2, 0.25) is 0 Å². The third-order valence-electron chi connectivity index (χ3n) is 4.16. The molecule has 0 spiro atoms. The highest BCUT2D eigenvalue weighted by atomic mass is 16.4. The first-order valence-corrected chi connectivity index (χ1v) is 7.47. The van der Waals surface area contributed by atoms with Crippen LogP contribution in [-0.4, -0.2) is 41.9 Å². The number of carbonyl (C=O) groups is 2. The zero-order chi connectivity index (χ0) is 16.0. The number of aliphatic carboxylic acids is 1. The Morgan fingerprint density at radius 2 is 1.95 bits per heavy atom. The highest BCUT2D eigenvalue weighted by molar-refractivity contribution is 5.74. The van der Waals surface area contributed by atoms with E-state index >= 15 is 0 Å². The standard InChI is InChI=1S/C16H22N2O4/c19-11-16(9-13(16)12-5-2-1-3-6-12)10-18-15(22)17-8-4-7-14(20)21/h1-3,5-6,13,19H,4,7-11H2,(H,20,21)(H2,17,18,22). The number of carboxylic acids is 1. The Balaban J connectivity index is 1.73. The van der Waals surface area contributed by atoms with Gasteiger partial charge in [-0.25, -0.2) is 4.79 Å². The Bertz CT molecular complexity index is 520. The number of aliphatic hydroxyl groups is 1. The molecule has 0 saturated heterocycles. The van der Waals surface area contributed by atoms with E-state index in [4.69, 9.17) is 5.11 Å². The lowest BCUT2D eigenvalue weighted by Crippen LogP contribution is -2.40. The van der Waals surface area contributed by atoms with Gasteiger partial charge < -0.3 is 20.8 Å². The summed E-state index contributed by atoms with van der Waals surface area (Å²) >= 11 is 0. The Labute approximate surface area is 129 Å². The second-order valence-corrected chi connectivity index (χ2v) is 5.79. The van der Waals surface area contributed by atoms with Crippen molar-refractivity contribution in [3.63, 3.8) is 0 Å². The average Bonchev–Trinajstić information content (AvgIpc) is 3.26. The van der Waals surface area contributed by atoms with E-state index in [1.807, 2.05) is 30.3 Å². The maximum absolute atomic E-state index is 11.7. The van der Waals surface area contributed by atoms with E-state index in [2.05, 4.69) is 10.6 Å². The van der Waals surface area contributed by atoms with Crippen LogP contribution >= 0.6 is 0 Å². The molecule has 1 aliphatic rings. The van der Waals surface area contributed by atoms with Gasteiger partial charge in [-0.05, 0) is 24.3 Å². The van der Waals surface area contributed by atoms with E-state index in [9.17, 15) is 14.7 Å². The molecule has 0 radical (unpaired) electrons. The molecule has 1 aromatic rings. The van der Waals surface area contributed by atoms with Gasteiger partial charge in [0.05, 0.1) is 6.61 Å². The van der Waals surface area contributed by atoms with Gasteiger partial charge >= 0.3 is 12.0 Å². The van der Waals surface area contributed by atoms with Crippen LogP contribution < -0.4 is 10.6 Å². The minimum atomic E-state index is -0.870. The summed E-state index contributed by atoms with van der Waals surface area (Å²) < 4.78 is 0. The molecule has 1 fully saturated rings. The summed E-state index contributed by atoms with van der Waals surface area (Å²) in [5.41, 5.74) is 0.903. The Hall–Kier alpha value is -2.08. The van der Waals surface area contributed by atoms with Gasteiger partial charge in [0, 0.05) is 24.9 Å². The van der Waals surface area contributed by atoms with E-state index in [1.165, 1.54) is 5.56 Å². The van der Waals surface area contributed by atoms with Crippen LogP contribution in [-0.2, 0) is 4.79 Å².